The lowest BCUT2D eigenvalue weighted by Gasteiger charge is -2.02. The average molecular weight is 220 g/mol. The minimum absolute atomic E-state index is 0.329. The third kappa shape index (κ3) is 3.31. The third-order valence-corrected chi connectivity index (χ3v) is 2.15. The highest BCUT2D eigenvalue weighted by atomic mass is 16.4. The Hall–Kier alpha value is -1.97. The summed E-state index contributed by atoms with van der Waals surface area (Å²) in [5.41, 5.74) is 1.26. The van der Waals surface area contributed by atoms with Gasteiger partial charge in [0.15, 0.2) is 11.6 Å². The molecule has 0 heterocycles. The normalized spacial score (nSPS) is 9.81. The van der Waals surface area contributed by atoms with Crippen LogP contribution in [-0.2, 0) is 9.59 Å². The van der Waals surface area contributed by atoms with Crippen molar-refractivity contribution in [3.8, 4) is 0 Å². The van der Waals surface area contributed by atoms with Crippen LogP contribution in [-0.4, -0.2) is 22.6 Å². The molecule has 1 aromatic rings. The lowest BCUT2D eigenvalue weighted by Crippen LogP contribution is -2.13. The molecule has 0 aliphatic carbocycles. The summed E-state index contributed by atoms with van der Waals surface area (Å²) in [4.78, 5) is 33.1. The van der Waals surface area contributed by atoms with Crippen LogP contribution >= 0.6 is 0 Å². The standard InChI is InChI=1S/C12H12O4/c1-8-4-2-3-5-10(8)11(14)6-9(13)7-12(15)16/h2-5H,6-7H2,1H3,(H,15,16). The van der Waals surface area contributed by atoms with E-state index in [1.54, 1.807) is 31.2 Å². The van der Waals surface area contributed by atoms with Crippen molar-refractivity contribution in [3.63, 3.8) is 0 Å². The number of hydrogen-bond acceptors (Lipinski definition) is 3. The van der Waals surface area contributed by atoms with Crippen LogP contribution in [0.15, 0.2) is 24.3 Å². The van der Waals surface area contributed by atoms with Crippen molar-refractivity contribution < 1.29 is 19.5 Å². The number of aryl methyl sites for hydroxylation is 1. The van der Waals surface area contributed by atoms with Gasteiger partial charge in [0.2, 0.25) is 0 Å². The number of aliphatic carboxylic acids is 1. The molecule has 0 saturated heterocycles. The van der Waals surface area contributed by atoms with Crippen molar-refractivity contribution >= 4 is 17.5 Å². The van der Waals surface area contributed by atoms with Crippen LogP contribution in [0.3, 0.4) is 0 Å². The molecular weight excluding hydrogens is 208 g/mol. The molecule has 0 aliphatic rings. The smallest absolute Gasteiger partial charge is 0.310 e. The Morgan fingerprint density at radius 3 is 2.31 bits per heavy atom. The minimum Gasteiger partial charge on any atom is -0.481 e. The Balaban J connectivity index is 2.70. The summed E-state index contributed by atoms with van der Waals surface area (Å²) in [7, 11) is 0. The second-order valence-electron chi connectivity index (χ2n) is 3.52. The molecule has 0 bridgehead atoms. The molecule has 16 heavy (non-hydrogen) atoms. The van der Waals surface area contributed by atoms with Gasteiger partial charge in [0.05, 0.1) is 6.42 Å². The number of rotatable bonds is 5. The molecule has 1 rings (SSSR count). The molecule has 0 amide bonds. The van der Waals surface area contributed by atoms with Crippen LogP contribution in [0.1, 0.15) is 28.8 Å². The van der Waals surface area contributed by atoms with Gasteiger partial charge >= 0.3 is 5.97 Å². The van der Waals surface area contributed by atoms with Gasteiger partial charge in [0.1, 0.15) is 6.42 Å². The lowest BCUT2D eigenvalue weighted by atomic mass is 10.0. The second kappa shape index (κ2) is 5.21. The largest absolute Gasteiger partial charge is 0.481 e. The zero-order valence-corrected chi connectivity index (χ0v) is 8.90. The van der Waals surface area contributed by atoms with Crippen molar-refractivity contribution in [3.05, 3.63) is 35.4 Å². The number of carbonyl (C=O) groups is 3. The molecule has 1 aromatic carbocycles. The van der Waals surface area contributed by atoms with Gasteiger partial charge in [-0.15, -0.1) is 0 Å². The molecule has 0 fully saturated rings. The van der Waals surface area contributed by atoms with E-state index in [0.717, 1.165) is 5.56 Å². The SMILES string of the molecule is Cc1ccccc1C(=O)CC(=O)CC(=O)O. The summed E-state index contributed by atoms with van der Waals surface area (Å²) in [6.07, 6.45) is -0.950. The Labute approximate surface area is 92.9 Å². The Bertz CT molecular complexity index is 434. The van der Waals surface area contributed by atoms with E-state index in [1.807, 2.05) is 0 Å². The zero-order chi connectivity index (χ0) is 12.1. The summed E-state index contributed by atoms with van der Waals surface area (Å²) >= 11 is 0. The van der Waals surface area contributed by atoms with Crippen LogP contribution in [0.4, 0.5) is 0 Å². The highest BCUT2D eigenvalue weighted by molar-refractivity contribution is 6.11. The van der Waals surface area contributed by atoms with E-state index < -0.39 is 18.2 Å². The first-order chi connectivity index (χ1) is 7.50. The van der Waals surface area contributed by atoms with E-state index >= 15 is 0 Å². The molecule has 0 saturated carbocycles. The van der Waals surface area contributed by atoms with E-state index in [0.29, 0.717) is 5.56 Å². The Morgan fingerprint density at radius 1 is 1.12 bits per heavy atom. The van der Waals surface area contributed by atoms with Gasteiger partial charge in [-0.2, -0.15) is 0 Å². The van der Waals surface area contributed by atoms with Crippen LogP contribution in [0.2, 0.25) is 0 Å². The van der Waals surface area contributed by atoms with Crippen molar-refractivity contribution in [2.24, 2.45) is 0 Å². The summed E-state index contributed by atoms with van der Waals surface area (Å²) in [5, 5.41) is 8.39. The molecule has 0 atom stereocenters. The molecule has 4 nitrogen and oxygen atoms in total. The maximum Gasteiger partial charge on any atom is 0.310 e. The predicted octanol–water partition coefficient (Wildman–Crippen LogP) is 1.61. The van der Waals surface area contributed by atoms with Crippen LogP contribution in [0, 0.1) is 6.92 Å². The number of hydrogen-bond donors (Lipinski definition) is 1. The van der Waals surface area contributed by atoms with E-state index in [9.17, 15) is 14.4 Å². The van der Waals surface area contributed by atoms with Crippen LogP contribution in [0.5, 0.6) is 0 Å². The third-order valence-electron chi connectivity index (χ3n) is 2.15. The van der Waals surface area contributed by atoms with Crippen molar-refractivity contribution in [1.82, 2.24) is 0 Å². The van der Waals surface area contributed by atoms with E-state index in [1.165, 1.54) is 0 Å². The fraction of sp³-hybridized carbons (Fsp3) is 0.250. The predicted molar refractivity (Wildman–Crippen MR) is 57.4 cm³/mol. The van der Waals surface area contributed by atoms with E-state index in [4.69, 9.17) is 5.11 Å². The number of carboxylic acids is 1. The minimum atomic E-state index is -1.21. The molecular formula is C12H12O4. The van der Waals surface area contributed by atoms with Crippen molar-refractivity contribution in [1.29, 1.82) is 0 Å². The van der Waals surface area contributed by atoms with Gasteiger partial charge in [-0.3, -0.25) is 14.4 Å². The molecule has 4 heteroatoms. The molecule has 0 unspecified atom stereocenters. The Morgan fingerprint density at radius 2 is 1.75 bits per heavy atom. The van der Waals surface area contributed by atoms with Crippen molar-refractivity contribution in [2.75, 3.05) is 0 Å². The van der Waals surface area contributed by atoms with Gasteiger partial charge < -0.3 is 5.11 Å². The summed E-state index contributed by atoms with van der Waals surface area (Å²) in [6, 6.07) is 6.91. The van der Waals surface area contributed by atoms with Crippen molar-refractivity contribution in [2.45, 2.75) is 19.8 Å². The monoisotopic (exact) mass is 220 g/mol. The molecule has 0 aromatic heterocycles. The first-order valence-electron chi connectivity index (χ1n) is 4.83. The number of Topliss-reactive ketones (excluding diaryl/α,β-unsaturated/α-hetero) is 2. The first-order valence-corrected chi connectivity index (χ1v) is 4.83. The first kappa shape index (κ1) is 12.1. The molecule has 0 radical (unpaired) electrons. The van der Waals surface area contributed by atoms with Crippen LogP contribution in [0.25, 0.3) is 0 Å². The quantitative estimate of drug-likeness (QED) is 0.604. The van der Waals surface area contributed by atoms with Gasteiger partial charge in [-0.05, 0) is 12.5 Å². The summed E-state index contributed by atoms with van der Waals surface area (Å²) in [5.74, 6) is -2.10. The topological polar surface area (TPSA) is 71.4 Å². The number of ketones is 2. The van der Waals surface area contributed by atoms with E-state index in [-0.39, 0.29) is 12.2 Å². The molecule has 84 valence electrons. The lowest BCUT2D eigenvalue weighted by molar-refractivity contribution is -0.139. The summed E-state index contributed by atoms with van der Waals surface area (Å²) in [6.45, 7) is 1.77. The molecule has 1 N–H and O–H groups in total. The number of carboxylic acid groups (broad SMARTS) is 1. The van der Waals surface area contributed by atoms with Gasteiger partial charge in [-0.1, -0.05) is 24.3 Å². The van der Waals surface area contributed by atoms with Crippen LogP contribution < -0.4 is 0 Å². The highest BCUT2D eigenvalue weighted by Crippen LogP contribution is 2.10. The number of carbonyl (C=O) groups excluding carboxylic acids is 2. The van der Waals surface area contributed by atoms with Gasteiger partial charge in [-0.25, -0.2) is 0 Å². The average Bonchev–Trinajstić information content (AvgIpc) is 2.16. The zero-order valence-electron chi connectivity index (χ0n) is 8.90. The molecule has 0 aliphatic heterocycles. The maximum atomic E-state index is 11.6. The van der Waals surface area contributed by atoms with Gasteiger partial charge in [0, 0.05) is 5.56 Å². The highest BCUT2D eigenvalue weighted by Gasteiger charge is 2.15. The number of benzene rings is 1. The summed E-state index contributed by atoms with van der Waals surface area (Å²) < 4.78 is 0. The second-order valence-corrected chi connectivity index (χ2v) is 3.52. The van der Waals surface area contributed by atoms with Gasteiger partial charge in [0.25, 0.3) is 0 Å². The fourth-order valence-electron chi connectivity index (χ4n) is 1.39. The maximum absolute atomic E-state index is 11.6. The Kier molecular flexibility index (Phi) is 3.94. The van der Waals surface area contributed by atoms with E-state index in [2.05, 4.69) is 0 Å². The fourth-order valence-corrected chi connectivity index (χ4v) is 1.39. The molecule has 0 spiro atoms.